The molecule has 0 aliphatic carbocycles. The third-order valence-corrected chi connectivity index (χ3v) is 5.30. The maximum atomic E-state index is 12.5. The molecule has 1 aromatic heterocycles. The van der Waals surface area contributed by atoms with Crippen LogP contribution in [0, 0.1) is 0 Å². The van der Waals surface area contributed by atoms with Crippen molar-refractivity contribution in [1.29, 1.82) is 0 Å². The molecule has 27 heavy (non-hydrogen) atoms. The van der Waals surface area contributed by atoms with Gasteiger partial charge in [-0.15, -0.1) is 0 Å². The molecule has 2 heterocycles. The first-order chi connectivity index (χ1) is 13.0. The van der Waals surface area contributed by atoms with Gasteiger partial charge in [0, 0.05) is 25.5 Å². The van der Waals surface area contributed by atoms with Crippen LogP contribution in [0.25, 0.3) is 6.08 Å². The van der Waals surface area contributed by atoms with E-state index in [9.17, 15) is 14.4 Å². The molecule has 138 valence electrons. The smallest absolute Gasteiger partial charge is 0.293 e. The Kier molecular flexibility index (Phi) is 6.10. The normalized spacial score (nSPS) is 15.5. The number of halogens is 2. The summed E-state index contributed by atoms with van der Waals surface area (Å²) in [6.45, 7) is 0.135. The monoisotopic (exact) mass is 422 g/mol. The summed E-state index contributed by atoms with van der Waals surface area (Å²) in [6, 6.07) is 5.03. The molecule has 0 saturated carbocycles. The maximum absolute atomic E-state index is 12.5. The Balaban J connectivity index is 1.63. The van der Waals surface area contributed by atoms with Gasteiger partial charge in [0.1, 0.15) is 5.69 Å². The molecule has 1 aliphatic rings. The Morgan fingerprint density at radius 3 is 2.81 bits per heavy atom. The lowest BCUT2D eigenvalue weighted by Crippen LogP contribution is -2.37. The highest BCUT2D eigenvalue weighted by molar-refractivity contribution is 8.18. The SMILES string of the molecule is O=C(NCCN1C(=O)S/C(=C\c2cccc(Cl)c2Cl)C1=O)c1cnccn1. The molecule has 0 unspecified atom stereocenters. The van der Waals surface area contributed by atoms with Crippen LogP contribution in [-0.2, 0) is 4.79 Å². The highest BCUT2D eigenvalue weighted by Crippen LogP contribution is 2.34. The number of aromatic nitrogens is 2. The van der Waals surface area contributed by atoms with Gasteiger partial charge in [0.05, 0.1) is 21.1 Å². The molecule has 7 nitrogen and oxygen atoms in total. The van der Waals surface area contributed by atoms with Gasteiger partial charge in [-0.1, -0.05) is 35.3 Å². The van der Waals surface area contributed by atoms with Crippen molar-refractivity contribution in [3.05, 3.63) is 63.0 Å². The van der Waals surface area contributed by atoms with Gasteiger partial charge in [-0.3, -0.25) is 24.3 Å². The summed E-state index contributed by atoms with van der Waals surface area (Å²) >= 11 is 12.9. The third-order valence-electron chi connectivity index (χ3n) is 3.56. The molecule has 1 saturated heterocycles. The zero-order valence-corrected chi connectivity index (χ0v) is 16.0. The number of carbonyl (C=O) groups excluding carboxylic acids is 3. The number of benzene rings is 1. The van der Waals surface area contributed by atoms with Gasteiger partial charge < -0.3 is 5.32 Å². The van der Waals surface area contributed by atoms with Crippen molar-refractivity contribution < 1.29 is 14.4 Å². The van der Waals surface area contributed by atoms with Crippen LogP contribution >= 0.6 is 35.0 Å². The Labute approximate surface area is 168 Å². The van der Waals surface area contributed by atoms with E-state index in [0.29, 0.717) is 15.6 Å². The summed E-state index contributed by atoms with van der Waals surface area (Å²) < 4.78 is 0. The van der Waals surface area contributed by atoms with E-state index in [2.05, 4.69) is 15.3 Å². The van der Waals surface area contributed by atoms with Gasteiger partial charge in [0.2, 0.25) is 0 Å². The third kappa shape index (κ3) is 4.47. The number of thioether (sulfide) groups is 1. The van der Waals surface area contributed by atoms with Crippen molar-refractivity contribution in [3.8, 4) is 0 Å². The van der Waals surface area contributed by atoms with E-state index in [1.54, 1.807) is 18.2 Å². The van der Waals surface area contributed by atoms with Crippen LogP contribution in [0.3, 0.4) is 0 Å². The first-order valence-electron chi connectivity index (χ1n) is 7.71. The van der Waals surface area contributed by atoms with Crippen molar-refractivity contribution in [2.75, 3.05) is 13.1 Å². The molecule has 1 N–H and O–H groups in total. The van der Waals surface area contributed by atoms with Crippen molar-refractivity contribution in [1.82, 2.24) is 20.2 Å². The Bertz CT molecular complexity index is 937. The lowest BCUT2D eigenvalue weighted by atomic mass is 10.2. The fourth-order valence-corrected chi connectivity index (χ4v) is 3.47. The molecule has 1 fully saturated rings. The molecule has 3 rings (SSSR count). The van der Waals surface area contributed by atoms with Crippen molar-refractivity contribution in [2.45, 2.75) is 0 Å². The molecule has 1 aliphatic heterocycles. The van der Waals surface area contributed by atoms with Crippen LogP contribution in [0.15, 0.2) is 41.7 Å². The molecular weight excluding hydrogens is 411 g/mol. The number of hydrogen-bond acceptors (Lipinski definition) is 6. The van der Waals surface area contributed by atoms with Gasteiger partial charge in [-0.25, -0.2) is 4.98 Å². The van der Waals surface area contributed by atoms with Gasteiger partial charge in [0.25, 0.3) is 17.1 Å². The maximum Gasteiger partial charge on any atom is 0.293 e. The topological polar surface area (TPSA) is 92.3 Å². The van der Waals surface area contributed by atoms with E-state index >= 15 is 0 Å². The minimum Gasteiger partial charge on any atom is -0.349 e. The number of carbonyl (C=O) groups is 3. The zero-order chi connectivity index (χ0) is 19.4. The molecule has 3 amide bonds. The molecule has 10 heteroatoms. The average molecular weight is 423 g/mol. The molecule has 0 spiro atoms. The second-order valence-electron chi connectivity index (χ2n) is 5.32. The van der Waals surface area contributed by atoms with Crippen LogP contribution < -0.4 is 5.32 Å². The predicted molar refractivity (Wildman–Crippen MR) is 104 cm³/mol. The van der Waals surface area contributed by atoms with Gasteiger partial charge in [0.15, 0.2) is 0 Å². The Hall–Kier alpha value is -2.42. The van der Waals surface area contributed by atoms with Gasteiger partial charge in [-0.2, -0.15) is 0 Å². The molecule has 0 atom stereocenters. The highest BCUT2D eigenvalue weighted by atomic mass is 35.5. The predicted octanol–water partition coefficient (Wildman–Crippen LogP) is 3.25. The average Bonchev–Trinajstić information content (AvgIpc) is 2.93. The first-order valence-corrected chi connectivity index (χ1v) is 9.28. The number of hydrogen-bond donors (Lipinski definition) is 1. The molecule has 0 radical (unpaired) electrons. The molecular formula is C17H12Cl2N4O3S. The zero-order valence-electron chi connectivity index (χ0n) is 13.7. The van der Waals surface area contributed by atoms with Crippen LogP contribution in [0.5, 0.6) is 0 Å². The van der Waals surface area contributed by atoms with E-state index in [-0.39, 0.29) is 23.7 Å². The minimum atomic E-state index is -0.449. The fraction of sp³-hybridized carbons (Fsp3) is 0.118. The second-order valence-corrected chi connectivity index (χ2v) is 7.10. The Morgan fingerprint density at radius 2 is 2.07 bits per heavy atom. The molecule has 2 aromatic rings. The fourth-order valence-electron chi connectivity index (χ4n) is 2.25. The lowest BCUT2D eigenvalue weighted by Gasteiger charge is -2.12. The second kappa shape index (κ2) is 8.51. The summed E-state index contributed by atoms with van der Waals surface area (Å²) in [5.74, 6) is -0.883. The Morgan fingerprint density at radius 1 is 1.26 bits per heavy atom. The largest absolute Gasteiger partial charge is 0.349 e. The minimum absolute atomic E-state index is 0.0390. The summed E-state index contributed by atoms with van der Waals surface area (Å²) in [5, 5.41) is 2.84. The van der Waals surface area contributed by atoms with E-state index in [4.69, 9.17) is 23.2 Å². The summed E-state index contributed by atoms with van der Waals surface area (Å²) in [7, 11) is 0. The quantitative estimate of drug-likeness (QED) is 0.743. The highest BCUT2D eigenvalue weighted by Gasteiger charge is 2.34. The molecule has 0 bridgehead atoms. The number of imide groups is 1. The van der Waals surface area contributed by atoms with Crippen molar-refractivity contribution in [2.24, 2.45) is 0 Å². The summed E-state index contributed by atoms with van der Waals surface area (Å²) in [6.07, 6.45) is 5.71. The van der Waals surface area contributed by atoms with Gasteiger partial charge in [-0.05, 0) is 29.5 Å². The van der Waals surface area contributed by atoms with Crippen molar-refractivity contribution in [3.63, 3.8) is 0 Å². The van der Waals surface area contributed by atoms with Crippen LogP contribution in [0.4, 0.5) is 4.79 Å². The van der Waals surface area contributed by atoms with E-state index in [1.165, 1.54) is 24.7 Å². The number of amides is 3. The van der Waals surface area contributed by atoms with Crippen LogP contribution in [-0.4, -0.2) is 45.0 Å². The van der Waals surface area contributed by atoms with E-state index in [1.807, 2.05) is 0 Å². The number of rotatable bonds is 5. The summed E-state index contributed by atoms with van der Waals surface area (Å²) in [5.41, 5.74) is 0.702. The van der Waals surface area contributed by atoms with Crippen molar-refractivity contribution >= 4 is 58.1 Å². The summed E-state index contributed by atoms with van der Waals surface area (Å²) in [4.78, 5) is 45.5. The lowest BCUT2D eigenvalue weighted by molar-refractivity contribution is -0.122. The van der Waals surface area contributed by atoms with Crippen LogP contribution in [0.1, 0.15) is 16.1 Å². The van der Waals surface area contributed by atoms with Crippen LogP contribution in [0.2, 0.25) is 10.0 Å². The van der Waals surface area contributed by atoms with E-state index < -0.39 is 17.1 Å². The number of nitrogens with zero attached hydrogens (tertiary/aromatic N) is 3. The van der Waals surface area contributed by atoms with E-state index in [0.717, 1.165) is 16.7 Å². The first kappa shape index (κ1) is 19.3. The van der Waals surface area contributed by atoms with Gasteiger partial charge >= 0.3 is 0 Å². The molecule has 1 aromatic carbocycles. The standard InChI is InChI=1S/C17H12Cl2N4O3S/c18-11-3-1-2-10(14(11)19)8-13-16(25)23(17(26)27-13)7-6-22-15(24)12-9-20-4-5-21-12/h1-5,8-9H,6-7H2,(H,22,24)/b13-8-. The number of nitrogens with one attached hydrogen (secondary N) is 1.